The predicted molar refractivity (Wildman–Crippen MR) is 91.1 cm³/mol. The molecule has 2 heterocycles. The van der Waals surface area contributed by atoms with Crippen LogP contribution in [0.4, 0.5) is 5.95 Å². The third-order valence-electron chi connectivity index (χ3n) is 3.33. The number of nitrogens with two attached hydrogens (primary N) is 1. The molecular weight excluding hydrogens is 386 g/mol. The summed E-state index contributed by atoms with van der Waals surface area (Å²) in [6.07, 6.45) is 1.65. The molecule has 2 N–H and O–H groups in total. The summed E-state index contributed by atoms with van der Waals surface area (Å²) in [4.78, 5) is 12.4. The van der Waals surface area contributed by atoms with Crippen LogP contribution in [-0.4, -0.2) is 33.7 Å². The van der Waals surface area contributed by atoms with Crippen molar-refractivity contribution in [2.75, 3.05) is 20.0 Å². The highest BCUT2D eigenvalue weighted by atomic mass is 79.9. The molecule has 9 heteroatoms. The highest BCUT2D eigenvalue weighted by Gasteiger charge is 2.14. The van der Waals surface area contributed by atoms with Crippen LogP contribution in [-0.2, 0) is 6.54 Å². The minimum atomic E-state index is 0.107. The van der Waals surface area contributed by atoms with Gasteiger partial charge in [-0.1, -0.05) is 27.5 Å². The van der Waals surface area contributed by atoms with Gasteiger partial charge < -0.3 is 19.8 Å². The van der Waals surface area contributed by atoms with Gasteiger partial charge in [0.15, 0.2) is 22.3 Å². The molecule has 0 aliphatic heterocycles. The van der Waals surface area contributed by atoms with E-state index in [9.17, 15) is 0 Å². The van der Waals surface area contributed by atoms with Crippen molar-refractivity contribution in [2.45, 2.75) is 6.54 Å². The van der Waals surface area contributed by atoms with E-state index in [1.807, 2.05) is 16.7 Å². The number of ether oxygens (including phenoxy) is 2. The van der Waals surface area contributed by atoms with Crippen LogP contribution in [0.1, 0.15) is 5.56 Å². The van der Waals surface area contributed by atoms with Gasteiger partial charge in [0.25, 0.3) is 0 Å². The second-order valence-electron chi connectivity index (χ2n) is 4.72. The number of hydrogen-bond donors (Lipinski definition) is 1. The molecule has 23 heavy (non-hydrogen) atoms. The number of nitrogen functional groups attached to an aromatic ring is 1. The molecule has 3 rings (SSSR count). The Labute approximate surface area is 145 Å². The molecule has 0 atom stereocenters. The Hall–Kier alpha value is -2.06. The average molecular weight is 399 g/mol. The van der Waals surface area contributed by atoms with E-state index in [1.54, 1.807) is 20.5 Å². The molecule has 0 bridgehead atoms. The fourth-order valence-corrected chi connectivity index (χ4v) is 2.91. The number of benzene rings is 1. The van der Waals surface area contributed by atoms with Crippen molar-refractivity contribution in [3.63, 3.8) is 0 Å². The lowest BCUT2D eigenvalue weighted by atomic mass is 10.2. The first-order valence-electron chi connectivity index (χ1n) is 6.57. The zero-order valence-corrected chi connectivity index (χ0v) is 14.7. The van der Waals surface area contributed by atoms with E-state index < -0.39 is 0 Å². The highest BCUT2D eigenvalue weighted by molar-refractivity contribution is 9.10. The lowest BCUT2D eigenvalue weighted by Crippen LogP contribution is -2.03. The van der Waals surface area contributed by atoms with Gasteiger partial charge in [0.05, 0.1) is 27.1 Å². The maximum Gasteiger partial charge on any atom is 0.223 e. The summed E-state index contributed by atoms with van der Waals surface area (Å²) in [6.45, 7) is 0.504. The predicted octanol–water partition coefficient (Wildman–Crippen LogP) is 2.89. The molecule has 120 valence electrons. The van der Waals surface area contributed by atoms with Crippen LogP contribution in [0.2, 0.25) is 5.15 Å². The molecule has 0 radical (unpaired) electrons. The van der Waals surface area contributed by atoms with Crippen LogP contribution in [0.15, 0.2) is 22.9 Å². The first-order valence-corrected chi connectivity index (χ1v) is 7.74. The van der Waals surface area contributed by atoms with Crippen LogP contribution in [0, 0.1) is 0 Å². The second-order valence-corrected chi connectivity index (χ2v) is 5.93. The third kappa shape index (κ3) is 2.91. The maximum absolute atomic E-state index is 6.04. The number of rotatable bonds is 4. The monoisotopic (exact) mass is 397 g/mol. The lowest BCUT2D eigenvalue weighted by Gasteiger charge is -2.12. The molecule has 3 aromatic rings. The minimum Gasteiger partial charge on any atom is -0.493 e. The van der Waals surface area contributed by atoms with Gasteiger partial charge in [-0.3, -0.25) is 0 Å². The molecule has 0 fully saturated rings. The summed E-state index contributed by atoms with van der Waals surface area (Å²) in [5.74, 6) is 1.39. The quantitative estimate of drug-likeness (QED) is 0.680. The number of fused-ring (bicyclic) bond motifs is 1. The molecule has 1 aromatic carbocycles. The van der Waals surface area contributed by atoms with Crippen molar-refractivity contribution >= 4 is 44.6 Å². The number of nitrogens with zero attached hydrogens (tertiary/aromatic N) is 4. The second kappa shape index (κ2) is 6.21. The molecular formula is C14H13BrClN5O2. The van der Waals surface area contributed by atoms with Gasteiger partial charge in [-0.25, -0.2) is 4.98 Å². The van der Waals surface area contributed by atoms with Gasteiger partial charge in [0.1, 0.15) is 5.52 Å². The van der Waals surface area contributed by atoms with Crippen molar-refractivity contribution in [3.8, 4) is 11.5 Å². The van der Waals surface area contributed by atoms with E-state index in [1.165, 1.54) is 0 Å². The van der Waals surface area contributed by atoms with Crippen molar-refractivity contribution in [2.24, 2.45) is 0 Å². The molecule has 0 aliphatic carbocycles. The highest BCUT2D eigenvalue weighted by Crippen LogP contribution is 2.34. The number of imidazole rings is 1. The normalized spacial score (nSPS) is 11.0. The SMILES string of the molecule is COc1cc(Br)c(Cn2cnc3c(Cl)nc(N)nc32)cc1OC. The van der Waals surface area contributed by atoms with Gasteiger partial charge in [-0.15, -0.1) is 0 Å². The Morgan fingerprint density at radius 3 is 2.61 bits per heavy atom. The van der Waals surface area contributed by atoms with Crippen LogP contribution < -0.4 is 15.2 Å². The van der Waals surface area contributed by atoms with E-state index in [-0.39, 0.29) is 11.1 Å². The largest absolute Gasteiger partial charge is 0.493 e. The van der Waals surface area contributed by atoms with Crippen LogP contribution in [0.3, 0.4) is 0 Å². The fourth-order valence-electron chi connectivity index (χ4n) is 2.24. The number of methoxy groups -OCH3 is 2. The standard InChI is InChI=1S/C14H13BrClN5O2/c1-22-9-3-7(8(15)4-10(9)23-2)5-21-6-18-11-12(16)19-14(17)20-13(11)21/h3-4,6H,5H2,1-2H3,(H2,17,19,20). The van der Waals surface area contributed by atoms with E-state index in [0.717, 1.165) is 10.0 Å². The van der Waals surface area contributed by atoms with E-state index in [2.05, 4.69) is 30.9 Å². The smallest absolute Gasteiger partial charge is 0.223 e. The van der Waals surface area contributed by atoms with Gasteiger partial charge in [-0.2, -0.15) is 9.97 Å². The minimum absolute atomic E-state index is 0.107. The summed E-state index contributed by atoms with van der Waals surface area (Å²) < 4.78 is 13.3. The van der Waals surface area contributed by atoms with Gasteiger partial charge in [0.2, 0.25) is 5.95 Å². The summed E-state index contributed by atoms with van der Waals surface area (Å²) in [7, 11) is 3.19. The van der Waals surface area contributed by atoms with Crippen molar-refractivity contribution in [1.29, 1.82) is 0 Å². The first-order chi connectivity index (χ1) is 11.0. The Balaban J connectivity index is 2.06. The van der Waals surface area contributed by atoms with Gasteiger partial charge in [-0.05, 0) is 17.7 Å². The van der Waals surface area contributed by atoms with Crippen molar-refractivity contribution in [1.82, 2.24) is 19.5 Å². The van der Waals surface area contributed by atoms with Gasteiger partial charge in [0, 0.05) is 4.47 Å². The van der Waals surface area contributed by atoms with Crippen molar-refractivity contribution < 1.29 is 9.47 Å². The summed E-state index contributed by atoms with van der Waals surface area (Å²) in [5, 5.41) is 0.234. The van der Waals surface area contributed by atoms with E-state index >= 15 is 0 Å². The number of aromatic nitrogens is 4. The molecule has 0 saturated carbocycles. The number of halogens is 2. The lowest BCUT2D eigenvalue weighted by molar-refractivity contribution is 0.354. The zero-order chi connectivity index (χ0) is 16.6. The Bertz CT molecular complexity index is 883. The maximum atomic E-state index is 6.04. The molecule has 0 saturated heterocycles. The topological polar surface area (TPSA) is 88.1 Å². The molecule has 0 amide bonds. The van der Waals surface area contributed by atoms with E-state index in [0.29, 0.717) is 29.2 Å². The Kier molecular flexibility index (Phi) is 4.27. The summed E-state index contributed by atoms with van der Waals surface area (Å²) >= 11 is 9.58. The Morgan fingerprint density at radius 1 is 1.22 bits per heavy atom. The molecule has 7 nitrogen and oxygen atoms in total. The summed E-state index contributed by atoms with van der Waals surface area (Å²) in [6, 6.07) is 3.74. The van der Waals surface area contributed by atoms with Crippen LogP contribution in [0.5, 0.6) is 11.5 Å². The average Bonchev–Trinajstić information content (AvgIpc) is 2.92. The first kappa shape index (κ1) is 15.8. The van der Waals surface area contributed by atoms with Crippen LogP contribution in [0.25, 0.3) is 11.2 Å². The molecule has 0 unspecified atom stereocenters. The molecule has 2 aromatic heterocycles. The fraction of sp³-hybridized carbons (Fsp3) is 0.214. The number of hydrogen-bond acceptors (Lipinski definition) is 6. The van der Waals surface area contributed by atoms with E-state index in [4.69, 9.17) is 26.8 Å². The third-order valence-corrected chi connectivity index (χ3v) is 4.33. The number of anilines is 1. The van der Waals surface area contributed by atoms with Crippen LogP contribution >= 0.6 is 27.5 Å². The van der Waals surface area contributed by atoms with Crippen molar-refractivity contribution in [3.05, 3.63) is 33.6 Å². The molecule has 0 aliphatic rings. The van der Waals surface area contributed by atoms with Gasteiger partial charge >= 0.3 is 0 Å². The summed E-state index contributed by atoms with van der Waals surface area (Å²) in [5.41, 5.74) is 7.72. The Morgan fingerprint density at radius 2 is 1.91 bits per heavy atom. The molecule has 0 spiro atoms. The zero-order valence-electron chi connectivity index (χ0n) is 12.4.